The smallest absolute Gasteiger partial charge is 0.257 e. The molecular formula is C13H19FN2O2. The number of carbonyl (C=O) groups excluding carboxylic acids is 1. The van der Waals surface area contributed by atoms with Crippen molar-refractivity contribution in [3.05, 3.63) is 29.6 Å². The van der Waals surface area contributed by atoms with E-state index in [2.05, 4.69) is 0 Å². The van der Waals surface area contributed by atoms with Crippen LogP contribution in [0.3, 0.4) is 0 Å². The molecule has 100 valence electrons. The van der Waals surface area contributed by atoms with E-state index in [0.717, 1.165) is 12.1 Å². The summed E-state index contributed by atoms with van der Waals surface area (Å²) < 4.78 is 13.1. The molecule has 0 aliphatic rings. The molecule has 4 nitrogen and oxygen atoms in total. The van der Waals surface area contributed by atoms with E-state index in [0.29, 0.717) is 19.6 Å². The van der Waals surface area contributed by atoms with Gasteiger partial charge in [0.2, 0.25) is 0 Å². The van der Waals surface area contributed by atoms with E-state index in [1.165, 1.54) is 6.07 Å². The lowest BCUT2D eigenvalue weighted by atomic mass is 10.1. The molecule has 0 radical (unpaired) electrons. The molecule has 18 heavy (non-hydrogen) atoms. The Kier molecular flexibility index (Phi) is 5.09. The van der Waals surface area contributed by atoms with E-state index in [4.69, 9.17) is 5.73 Å². The van der Waals surface area contributed by atoms with Crippen LogP contribution in [0.2, 0.25) is 0 Å². The van der Waals surface area contributed by atoms with Gasteiger partial charge in [0.1, 0.15) is 11.6 Å². The van der Waals surface area contributed by atoms with Crippen LogP contribution >= 0.6 is 0 Å². The highest BCUT2D eigenvalue weighted by Crippen LogP contribution is 2.20. The van der Waals surface area contributed by atoms with Gasteiger partial charge in [-0.1, -0.05) is 6.92 Å². The molecule has 0 aliphatic heterocycles. The van der Waals surface area contributed by atoms with E-state index in [-0.39, 0.29) is 23.1 Å². The van der Waals surface area contributed by atoms with Crippen molar-refractivity contribution < 1.29 is 14.3 Å². The summed E-state index contributed by atoms with van der Waals surface area (Å²) in [6.07, 6.45) is 0. The van der Waals surface area contributed by atoms with E-state index in [9.17, 15) is 14.3 Å². The molecule has 5 heteroatoms. The number of rotatable bonds is 5. The fourth-order valence-electron chi connectivity index (χ4n) is 1.66. The minimum atomic E-state index is -0.543. The number of aromatic hydroxyl groups is 1. The third-order valence-electron chi connectivity index (χ3n) is 2.79. The standard InChI is InChI=1S/C13H19FN2O2/c1-3-16(8-9(2)7-15)13(18)11-6-10(14)4-5-12(11)17/h4-6,9,17H,3,7-8,15H2,1-2H3. The fourth-order valence-corrected chi connectivity index (χ4v) is 1.66. The molecule has 0 aromatic heterocycles. The highest BCUT2D eigenvalue weighted by Gasteiger charge is 2.19. The van der Waals surface area contributed by atoms with Crippen molar-refractivity contribution in [1.82, 2.24) is 4.90 Å². The third kappa shape index (κ3) is 3.43. The van der Waals surface area contributed by atoms with E-state index in [1.54, 1.807) is 4.90 Å². The van der Waals surface area contributed by atoms with Crippen molar-refractivity contribution in [3.8, 4) is 5.75 Å². The van der Waals surface area contributed by atoms with Crippen molar-refractivity contribution in [2.45, 2.75) is 13.8 Å². The number of nitrogens with zero attached hydrogens (tertiary/aromatic N) is 1. The van der Waals surface area contributed by atoms with Gasteiger partial charge in [0.25, 0.3) is 5.91 Å². The normalized spacial score (nSPS) is 12.2. The molecule has 0 spiro atoms. The molecule has 0 fully saturated rings. The average Bonchev–Trinajstić information content (AvgIpc) is 2.37. The van der Waals surface area contributed by atoms with Crippen LogP contribution in [0, 0.1) is 11.7 Å². The number of amides is 1. The number of halogens is 1. The van der Waals surface area contributed by atoms with Crippen LogP contribution in [0.25, 0.3) is 0 Å². The number of carbonyl (C=O) groups is 1. The topological polar surface area (TPSA) is 66.6 Å². The quantitative estimate of drug-likeness (QED) is 0.838. The first-order valence-electron chi connectivity index (χ1n) is 5.97. The zero-order chi connectivity index (χ0) is 13.7. The number of nitrogens with two attached hydrogens (primary N) is 1. The Balaban J connectivity index is 2.92. The lowest BCUT2D eigenvalue weighted by Crippen LogP contribution is -2.36. The van der Waals surface area contributed by atoms with E-state index in [1.807, 2.05) is 13.8 Å². The molecule has 1 amide bonds. The maximum absolute atomic E-state index is 13.1. The Bertz CT molecular complexity index is 423. The van der Waals surface area contributed by atoms with Gasteiger partial charge in [-0.3, -0.25) is 4.79 Å². The number of phenols is 1. The summed E-state index contributed by atoms with van der Waals surface area (Å²) in [6.45, 7) is 5.21. The molecular weight excluding hydrogens is 235 g/mol. The predicted molar refractivity (Wildman–Crippen MR) is 67.9 cm³/mol. The van der Waals surface area contributed by atoms with Crippen LogP contribution in [-0.2, 0) is 0 Å². The summed E-state index contributed by atoms with van der Waals surface area (Å²) >= 11 is 0. The average molecular weight is 254 g/mol. The van der Waals surface area contributed by atoms with Gasteiger partial charge in [-0.05, 0) is 37.6 Å². The van der Waals surface area contributed by atoms with Gasteiger partial charge in [-0.2, -0.15) is 0 Å². The van der Waals surface area contributed by atoms with Crippen molar-refractivity contribution in [1.29, 1.82) is 0 Å². The molecule has 0 heterocycles. The predicted octanol–water partition coefficient (Wildman–Crippen LogP) is 1.59. The summed E-state index contributed by atoms with van der Waals surface area (Å²) in [6, 6.07) is 3.35. The van der Waals surface area contributed by atoms with Gasteiger partial charge in [0, 0.05) is 13.1 Å². The Morgan fingerprint density at radius 1 is 1.56 bits per heavy atom. The number of benzene rings is 1. The molecule has 1 aromatic rings. The summed E-state index contributed by atoms with van der Waals surface area (Å²) in [5.41, 5.74) is 5.51. The Morgan fingerprint density at radius 2 is 2.22 bits per heavy atom. The first-order chi connectivity index (χ1) is 8.49. The minimum absolute atomic E-state index is 0.0129. The lowest BCUT2D eigenvalue weighted by molar-refractivity contribution is 0.0740. The second-order valence-corrected chi connectivity index (χ2v) is 4.35. The molecule has 0 bridgehead atoms. The monoisotopic (exact) mass is 254 g/mol. The van der Waals surface area contributed by atoms with Crippen molar-refractivity contribution in [2.75, 3.05) is 19.6 Å². The third-order valence-corrected chi connectivity index (χ3v) is 2.79. The van der Waals surface area contributed by atoms with Gasteiger partial charge < -0.3 is 15.7 Å². The van der Waals surface area contributed by atoms with Gasteiger partial charge in [-0.15, -0.1) is 0 Å². The van der Waals surface area contributed by atoms with Crippen LogP contribution in [0.4, 0.5) is 4.39 Å². The van der Waals surface area contributed by atoms with Crippen LogP contribution in [0.5, 0.6) is 5.75 Å². The highest BCUT2D eigenvalue weighted by atomic mass is 19.1. The number of phenolic OH excluding ortho intramolecular Hbond substituents is 1. The fraction of sp³-hybridized carbons (Fsp3) is 0.462. The highest BCUT2D eigenvalue weighted by molar-refractivity contribution is 5.96. The van der Waals surface area contributed by atoms with Crippen molar-refractivity contribution in [2.24, 2.45) is 11.7 Å². The van der Waals surface area contributed by atoms with Crippen molar-refractivity contribution >= 4 is 5.91 Å². The van der Waals surface area contributed by atoms with Crippen LogP contribution in [0.15, 0.2) is 18.2 Å². The van der Waals surface area contributed by atoms with Crippen LogP contribution in [0.1, 0.15) is 24.2 Å². The van der Waals surface area contributed by atoms with E-state index >= 15 is 0 Å². The largest absolute Gasteiger partial charge is 0.507 e. The zero-order valence-corrected chi connectivity index (χ0v) is 10.7. The Hall–Kier alpha value is -1.62. The zero-order valence-electron chi connectivity index (χ0n) is 10.7. The minimum Gasteiger partial charge on any atom is -0.507 e. The summed E-state index contributed by atoms with van der Waals surface area (Å²) in [4.78, 5) is 13.7. The maximum Gasteiger partial charge on any atom is 0.257 e. The molecule has 0 saturated carbocycles. The van der Waals surface area contributed by atoms with Crippen LogP contribution < -0.4 is 5.73 Å². The Labute approximate surface area is 106 Å². The van der Waals surface area contributed by atoms with Crippen molar-refractivity contribution in [3.63, 3.8) is 0 Å². The molecule has 3 N–H and O–H groups in total. The van der Waals surface area contributed by atoms with Gasteiger partial charge >= 0.3 is 0 Å². The molecule has 0 saturated heterocycles. The molecule has 1 aromatic carbocycles. The van der Waals surface area contributed by atoms with Crippen LogP contribution in [-0.4, -0.2) is 35.5 Å². The van der Waals surface area contributed by atoms with Gasteiger partial charge in [0.15, 0.2) is 0 Å². The second kappa shape index (κ2) is 6.35. The summed E-state index contributed by atoms with van der Waals surface area (Å²) in [5, 5.41) is 9.60. The SMILES string of the molecule is CCN(CC(C)CN)C(=O)c1cc(F)ccc1O. The number of hydrogen-bond donors (Lipinski definition) is 2. The molecule has 1 atom stereocenters. The molecule has 1 unspecified atom stereocenters. The molecule has 1 rings (SSSR count). The summed E-state index contributed by atoms with van der Waals surface area (Å²) in [5.74, 6) is -0.973. The van der Waals surface area contributed by atoms with Gasteiger partial charge in [-0.25, -0.2) is 4.39 Å². The maximum atomic E-state index is 13.1. The summed E-state index contributed by atoms with van der Waals surface area (Å²) in [7, 11) is 0. The Morgan fingerprint density at radius 3 is 2.78 bits per heavy atom. The first-order valence-corrected chi connectivity index (χ1v) is 5.97. The van der Waals surface area contributed by atoms with Gasteiger partial charge in [0.05, 0.1) is 5.56 Å². The number of hydrogen-bond acceptors (Lipinski definition) is 3. The first kappa shape index (κ1) is 14.4. The lowest BCUT2D eigenvalue weighted by Gasteiger charge is -2.24. The second-order valence-electron chi connectivity index (χ2n) is 4.35. The van der Waals surface area contributed by atoms with E-state index < -0.39 is 5.82 Å². The molecule has 0 aliphatic carbocycles.